The van der Waals surface area contributed by atoms with Crippen LogP contribution in [0.3, 0.4) is 0 Å². The van der Waals surface area contributed by atoms with E-state index in [1.807, 2.05) is 6.92 Å². The molecule has 0 unspecified atom stereocenters. The van der Waals surface area contributed by atoms with E-state index in [2.05, 4.69) is 4.98 Å². The van der Waals surface area contributed by atoms with Crippen molar-refractivity contribution in [3.63, 3.8) is 0 Å². The minimum Gasteiger partial charge on any atom is -0.375 e. The number of aromatic nitrogens is 1. The van der Waals surface area contributed by atoms with Crippen LogP contribution in [0.25, 0.3) is 0 Å². The minimum absolute atomic E-state index is 0.305. The van der Waals surface area contributed by atoms with Gasteiger partial charge in [-0.2, -0.15) is 4.31 Å². The summed E-state index contributed by atoms with van der Waals surface area (Å²) in [5.74, 6) is 0. The summed E-state index contributed by atoms with van der Waals surface area (Å²) in [5, 5.41) is 0.498. The van der Waals surface area contributed by atoms with Gasteiger partial charge in [-0.15, -0.1) is 11.3 Å². The fourth-order valence-corrected chi connectivity index (χ4v) is 4.37. The van der Waals surface area contributed by atoms with Gasteiger partial charge in [0.2, 0.25) is 10.0 Å². The summed E-state index contributed by atoms with van der Waals surface area (Å²) >= 11 is 1.35. The van der Waals surface area contributed by atoms with Crippen LogP contribution < -0.4 is 5.73 Å². The quantitative estimate of drug-likeness (QED) is 0.915. The first-order chi connectivity index (χ1) is 8.96. The predicted molar refractivity (Wildman–Crippen MR) is 74.1 cm³/mol. The molecule has 1 aromatic carbocycles. The molecule has 0 radical (unpaired) electrons. The fourth-order valence-electron chi connectivity index (χ4n) is 2.06. The molecular formula is C12H13N3O2S2. The standard InChI is InChI=1S/C12H13N3O2S2/c1-8-2-4-9(5-3-8)19(16,17)15-6-10-11(7-15)18-12(13)14-10/h2-5H,6-7H2,1H3,(H2,13,14). The molecule has 1 aliphatic heterocycles. The van der Waals surface area contributed by atoms with Crippen LogP contribution >= 0.6 is 11.3 Å². The van der Waals surface area contributed by atoms with Gasteiger partial charge in [-0.1, -0.05) is 17.7 Å². The van der Waals surface area contributed by atoms with Crippen LogP contribution in [0.4, 0.5) is 5.13 Å². The van der Waals surface area contributed by atoms with E-state index in [1.165, 1.54) is 15.6 Å². The first kappa shape index (κ1) is 12.6. The highest BCUT2D eigenvalue weighted by Gasteiger charge is 2.32. The van der Waals surface area contributed by atoms with Crippen molar-refractivity contribution in [3.05, 3.63) is 40.4 Å². The third kappa shape index (κ3) is 2.13. The lowest BCUT2D eigenvalue weighted by Crippen LogP contribution is -2.25. The molecule has 2 aromatic rings. The Kier molecular flexibility index (Phi) is 2.84. The van der Waals surface area contributed by atoms with E-state index in [-0.39, 0.29) is 0 Å². The predicted octanol–water partition coefficient (Wildman–Crippen LogP) is 1.74. The Bertz CT molecular complexity index is 696. The van der Waals surface area contributed by atoms with Crippen molar-refractivity contribution in [2.24, 2.45) is 0 Å². The van der Waals surface area contributed by atoms with Crippen LogP contribution in [0.5, 0.6) is 0 Å². The molecule has 0 aliphatic carbocycles. The van der Waals surface area contributed by atoms with E-state index in [4.69, 9.17) is 5.73 Å². The topological polar surface area (TPSA) is 76.3 Å². The number of nitrogens with zero attached hydrogens (tertiary/aromatic N) is 2. The van der Waals surface area contributed by atoms with Crippen LogP contribution in [0.1, 0.15) is 16.1 Å². The summed E-state index contributed by atoms with van der Waals surface area (Å²) in [5.41, 5.74) is 7.42. The van der Waals surface area contributed by atoms with E-state index >= 15 is 0 Å². The van der Waals surface area contributed by atoms with Crippen LogP contribution in [0.2, 0.25) is 0 Å². The Labute approximate surface area is 115 Å². The Balaban J connectivity index is 1.91. The van der Waals surface area contributed by atoms with Crippen molar-refractivity contribution in [3.8, 4) is 0 Å². The molecule has 2 heterocycles. The van der Waals surface area contributed by atoms with E-state index < -0.39 is 10.0 Å². The lowest BCUT2D eigenvalue weighted by Gasteiger charge is -2.15. The van der Waals surface area contributed by atoms with Crippen molar-refractivity contribution in [2.75, 3.05) is 5.73 Å². The summed E-state index contributed by atoms with van der Waals surface area (Å²) in [6.07, 6.45) is 0. The van der Waals surface area contributed by atoms with Gasteiger partial charge in [0.25, 0.3) is 0 Å². The van der Waals surface area contributed by atoms with E-state index in [1.54, 1.807) is 24.3 Å². The summed E-state index contributed by atoms with van der Waals surface area (Å²) < 4.78 is 26.4. The Morgan fingerprint density at radius 1 is 1.26 bits per heavy atom. The molecule has 1 aliphatic rings. The van der Waals surface area contributed by atoms with Crippen molar-refractivity contribution in [1.82, 2.24) is 9.29 Å². The average Bonchev–Trinajstić information content (AvgIpc) is 2.87. The second kappa shape index (κ2) is 4.29. The number of sulfonamides is 1. The maximum Gasteiger partial charge on any atom is 0.243 e. The monoisotopic (exact) mass is 295 g/mol. The maximum absolute atomic E-state index is 12.5. The van der Waals surface area contributed by atoms with Gasteiger partial charge in [0.1, 0.15) is 0 Å². The number of nitrogen functional groups attached to an aromatic ring is 1. The van der Waals surface area contributed by atoms with Crippen LogP contribution in [0, 0.1) is 6.92 Å². The van der Waals surface area contributed by atoms with Crippen molar-refractivity contribution in [2.45, 2.75) is 24.9 Å². The molecular weight excluding hydrogens is 282 g/mol. The van der Waals surface area contributed by atoms with Crippen LogP contribution in [0.15, 0.2) is 29.2 Å². The molecule has 7 heteroatoms. The fraction of sp³-hybridized carbons (Fsp3) is 0.250. The number of hydrogen-bond donors (Lipinski definition) is 1. The van der Waals surface area contributed by atoms with Gasteiger partial charge >= 0.3 is 0 Å². The van der Waals surface area contributed by atoms with E-state index in [9.17, 15) is 8.42 Å². The summed E-state index contributed by atoms with van der Waals surface area (Å²) in [7, 11) is -3.45. The largest absolute Gasteiger partial charge is 0.375 e. The molecule has 100 valence electrons. The number of hydrogen-bond acceptors (Lipinski definition) is 5. The highest BCUT2D eigenvalue weighted by Crippen LogP contribution is 2.32. The smallest absolute Gasteiger partial charge is 0.243 e. The zero-order valence-electron chi connectivity index (χ0n) is 10.3. The Hall–Kier alpha value is -1.44. The minimum atomic E-state index is -3.45. The number of aryl methyl sites for hydroxylation is 1. The first-order valence-corrected chi connectivity index (χ1v) is 8.03. The zero-order chi connectivity index (χ0) is 13.6. The summed E-state index contributed by atoms with van der Waals surface area (Å²) in [6, 6.07) is 6.88. The van der Waals surface area contributed by atoms with Crippen LogP contribution in [-0.2, 0) is 23.1 Å². The van der Waals surface area contributed by atoms with Gasteiger partial charge < -0.3 is 5.73 Å². The third-order valence-corrected chi connectivity index (χ3v) is 5.82. The molecule has 0 spiro atoms. The van der Waals surface area contributed by atoms with Crippen molar-refractivity contribution >= 4 is 26.5 Å². The van der Waals surface area contributed by atoms with Crippen LogP contribution in [-0.4, -0.2) is 17.7 Å². The SMILES string of the molecule is Cc1ccc(S(=O)(=O)N2Cc3nc(N)sc3C2)cc1. The molecule has 5 nitrogen and oxygen atoms in total. The number of fused-ring (bicyclic) bond motifs is 1. The molecule has 2 N–H and O–H groups in total. The second-order valence-corrected chi connectivity index (χ2v) is 7.56. The number of benzene rings is 1. The zero-order valence-corrected chi connectivity index (χ0v) is 12.0. The molecule has 1 aromatic heterocycles. The highest BCUT2D eigenvalue weighted by molar-refractivity contribution is 7.89. The van der Waals surface area contributed by atoms with Crippen molar-refractivity contribution in [1.29, 1.82) is 0 Å². The first-order valence-electron chi connectivity index (χ1n) is 5.78. The Morgan fingerprint density at radius 2 is 1.95 bits per heavy atom. The number of anilines is 1. The van der Waals surface area contributed by atoms with Gasteiger partial charge in [0.15, 0.2) is 5.13 Å². The van der Waals surface area contributed by atoms with Gasteiger partial charge in [-0.05, 0) is 19.1 Å². The van der Waals surface area contributed by atoms with E-state index in [0.717, 1.165) is 16.1 Å². The van der Waals surface area contributed by atoms with Gasteiger partial charge in [0.05, 0.1) is 23.7 Å². The lowest BCUT2D eigenvalue weighted by atomic mass is 10.2. The maximum atomic E-state index is 12.5. The number of nitrogens with two attached hydrogens (primary N) is 1. The Morgan fingerprint density at radius 3 is 2.58 bits per heavy atom. The molecule has 0 bridgehead atoms. The third-order valence-electron chi connectivity index (χ3n) is 3.10. The normalized spacial score (nSPS) is 15.6. The number of rotatable bonds is 2. The number of thiazole rings is 1. The summed E-state index contributed by atoms with van der Waals surface area (Å²) in [4.78, 5) is 5.41. The van der Waals surface area contributed by atoms with Crippen molar-refractivity contribution < 1.29 is 8.42 Å². The molecule has 0 fully saturated rings. The average molecular weight is 295 g/mol. The molecule has 0 atom stereocenters. The lowest BCUT2D eigenvalue weighted by molar-refractivity contribution is 0.430. The van der Waals surface area contributed by atoms with E-state index in [0.29, 0.717) is 23.1 Å². The molecule has 0 saturated carbocycles. The molecule has 19 heavy (non-hydrogen) atoms. The van der Waals surface area contributed by atoms with Gasteiger partial charge in [-0.25, -0.2) is 13.4 Å². The molecule has 0 saturated heterocycles. The highest BCUT2D eigenvalue weighted by atomic mass is 32.2. The molecule has 0 amide bonds. The van der Waals surface area contributed by atoms with Gasteiger partial charge in [0, 0.05) is 4.88 Å². The molecule has 3 rings (SSSR count). The second-order valence-electron chi connectivity index (χ2n) is 4.51. The van der Waals surface area contributed by atoms with Gasteiger partial charge in [-0.3, -0.25) is 0 Å². The summed E-state index contributed by atoms with van der Waals surface area (Å²) in [6.45, 7) is 2.59.